The summed E-state index contributed by atoms with van der Waals surface area (Å²) in [4.78, 5) is 9.71. The van der Waals surface area contributed by atoms with Crippen LogP contribution in [-0.2, 0) is 16.2 Å². The lowest BCUT2D eigenvalue weighted by Gasteiger charge is -2.43. The Morgan fingerprint density at radius 2 is 1.14 bits per heavy atom. The van der Waals surface area contributed by atoms with Crippen LogP contribution in [0.2, 0.25) is 0 Å². The topological polar surface area (TPSA) is 17.9 Å². The van der Waals surface area contributed by atoms with Gasteiger partial charge in [0, 0.05) is 59.0 Å². The van der Waals surface area contributed by atoms with Crippen LogP contribution in [-0.4, -0.2) is 41.8 Å². The zero-order valence-corrected chi connectivity index (χ0v) is 35.5. The predicted molar refractivity (Wildman–Crippen MR) is 237 cm³/mol. The number of para-hydroxylation sites is 1. The first-order chi connectivity index (χ1) is 26.5. The summed E-state index contributed by atoms with van der Waals surface area (Å²) < 4.78 is 2.58. The molecule has 0 saturated carbocycles. The Hall–Kier alpha value is -5.42. The molecule has 286 valence electrons. The third-order valence-corrected chi connectivity index (χ3v) is 13.4. The molecule has 0 amide bonds. The van der Waals surface area contributed by atoms with Crippen LogP contribution in [0.3, 0.4) is 0 Å². The van der Waals surface area contributed by atoms with E-state index in [4.69, 9.17) is 0 Å². The summed E-state index contributed by atoms with van der Waals surface area (Å²) in [6.07, 6.45) is 0. The zero-order valence-electron chi connectivity index (χ0n) is 35.5. The summed E-state index contributed by atoms with van der Waals surface area (Å²) in [6.45, 7) is 24.7. The van der Waals surface area contributed by atoms with E-state index in [1.807, 2.05) is 0 Å². The van der Waals surface area contributed by atoms with Crippen molar-refractivity contribution in [3.8, 4) is 5.69 Å². The third kappa shape index (κ3) is 5.12. The molecule has 0 aliphatic carbocycles. The fourth-order valence-electron chi connectivity index (χ4n) is 9.66. The average Bonchev–Trinajstić information content (AvgIpc) is 3.75. The first kappa shape index (κ1) is 36.2. The lowest BCUT2D eigenvalue weighted by Crippen LogP contribution is -2.36. The number of aromatic nitrogens is 1. The molecule has 5 nitrogen and oxygen atoms in total. The number of fused-ring (bicyclic) bond motifs is 5. The van der Waals surface area contributed by atoms with E-state index >= 15 is 0 Å². The second-order valence-electron chi connectivity index (χ2n) is 18.7. The van der Waals surface area contributed by atoms with Gasteiger partial charge in [-0.15, -0.1) is 0 Å². The van der Waals surface area contributed by atoms with Gasteiger partial charge in [0.25, 0.3) is 0 Å². The van der Waals surface area contributed by atoms with E-state index in [0.717, 1.165) is 13.3 Å². The minimum atomic E-state index is -0.629. The van der Waals surface area contributed by atoms with Gasteiger partial charge in [-0.2, -0.15) is 0 Å². The van der Waals surface area contributed by atoms with Gasteiger partial charge in [-0.1, -0.05) is 102 Å². The highest BCUT2D eigenvalue weighted by molar-refractivity contribution is 6.12. The van der Waals surface area contributed by atoms with Gasteiger partial charge in [0.15, 0.2) is 0 Å². The van der Waals surface area contributed by atoms with E-state index in [-0.39, 0.29) is 10.8 Å². The Morgan fingerprint density at radius 1 is 0.500 bits per heavy atom. The standard InChI is InChI=1S/C51H57N5/c1-32-34(3)54(30-52(32)11)40-22-24-47-45(29-40)51(36-17-14-13-15-18-36,39-25-38(50(8,9)10)26-41(27-39)55-31-53(12)33(2)35(55)4)44-20-16-19-42-43-28-37(49(5,6)7)21-23-46(43)56(47)48(42)44/h13-29H,30-31H2,1-12H3. The Balaban J connectivity index is 1.47. The number of rotatable bonds is 4. The molecule has 1 aromatic heterocycles. The lowest BCUT2D eigenvalue weighted by molar-refractivity contribution is 0.459. The van der Waals surface area contributed by atoms with Gasteiger partial charge in [0.05, 0.1) is 35.5 Å². The number of hydrogen-bond acceptors (Lipinski definition) is 4. The van der Waals surface area contributed by atoms with Crippen molar-refractivity contribution in [3.05, 3.63) is 159 Å². The Labute approximate surface area is 334 Å². The van der Waals surface area contributed by atoms with Crippen molar-refractivity contribution in [1.29, 1.82) is 0 Å². The normalized spacial score (nSPS) is 18.7. The molecule has 0 N–H and O–H groups in total. The van der Waals surface area contributed by atoms with E-state index in [1.165, 1.54) is 95.0 Å². The maximum atomic E-state index is 2.58. The molecule has 3 aliphatic rings. The molecule has 1 unspecified atom stereocenters. The first-order valence-electron chi connectivity index (χ1n) is 20.3. The van der Waals surface area contributed by atoms with Crippen LogP contribution in [0.5, 0.6) is 0 Å². The van der Waals surface area contributed by atoms with Gasteiger partial charge < -0.3 is 24.2 Å². The zero-order chi connectivity index (χ0) is 39.6. The number of benzene rings is 5. The van der Waals surface area contributed by atoms with Gasteiger partial charge in [0.2, 0.25) is 0 Å². The molecule has 5 aromatic carbocycles. The molecule has 0 radical (unpaired) electrons. The molecule has 3 aliphatic heterocycles. The fraction of sp³-hybridized carbons (Fsp3) is 0.333. The number of hydrogen-bond donors (Lipinski definition) is 0. The quantitative estimate of drug-likeness (QED) is 0.179. The second-order valence-corrected chi connectivity index (χ2v) is 18.7. The van der Waals surface area contributed by atoms with Crippen molar-refractivity contribution in [2.75, 3.05) is 37.2 Å². The Kier molecular flexibility index (Phi) is 7.95. The molecule has 5 heteroatoms. The summed E-state index contributed by atoms with van der Waals surface area (Å²) in [7, 11) is 4.40. The van der Waals surface area contributed by atoms with E-state index in [0.29, 0.717) is 0 Å². The average molecular weight is 740 g/mol. The van der Waals surface area contributed by atoms with Gasteiger partial charge >= 0.3 is 0 Å². The van der Waals surface area contributed by atoms with Crippen LogP contribution < -0.4 is 9.80 Å². The van der Waals surface area contributed by atoms with Crippen molar-refractivity contribution in [2.24, 2.45) is 0 Å². The van der Waals surface area contributed by atoms with Crippen molar-refractivity contribution in [1.82, 2.24) is 14.4 Å². The molecular formula is C51H57N5. The molecule has 1 atom stereocenters. The van der Waals surface area contributed by atoms with Crippen molar-refractivity contribution < 1.29 is 0 Å². The van der Waals surface area contributed by atoms with Gasteiger partial charge in [-0.05, 0) is 114 Å². The smallest absolute Gasteiger partial charge is 0.0943 e. The van der Waals surface area contributed by atoms with Crippen molar-refractivity contribution in [2.45, 2.75) is 85.5 Å². The Bertz CT molecular complexity index is 2640. The maximum absolute atomic E-state index is 2.58. The SMILES string of the molecule is CC1=C(C)N(c2cc(C(C)(C)C)cc(C3(c4ccccc4)c4cc(N5CN(C)C(C)=C5C)ccc4-n4c5ccc(C(C)(C)C)cc5c5cccc3c54)c2)CN1C. The summed E-state index contributed by atoms with van der Waals surface area (Å²) in [5.74, 6) is 0. The van der Waals surface area contributed by atoms with Crippen LogP contribution in [0.25, 0.3) is 27.5 Å². The molecule has 0 bridgehead atoms. The van der Waals surface area contributed by atoms with Gasteiger partial charge in [0.1, 0.15) is 0 Å². The minimum absolute atomic E-state index is 0.0335. The van der Waals surface area contributed by atoms with Crippen LogP contribution >= 0.6 is 0 Å². The minimum Gasteiger partial charge on any atom is -0.359 e. The highest BCUT2D eigenvalue weighted by Gasteiger charge is 2.47. The van der Waals surface area contributed by atoms with Crippen LogP contribution in [0.15, 0.2) is 126 Å². The van der Waals surface area contributed by atoms with E-state index in [2.05, 4.69) is 211 Å². The van der Waals surface area contributed by atoms with Crippen LogP contribution in [0.4, 0.5) is 11.4 Å². The number of nitrogens with zero attached hydrogens (tertiary/aromatic N) is 5. The number of allylic oxidation sites excluding steroid dienone is 4. The highest BCUT2D eigenvalue weighted by atomic mass is 15.4. The van der Waals surface area contributed by atoms with Gasteiger partial charge in [-0.25, -0.2) is 0 Å². The molecule has 6 aromatic rings. The molecule has 4 heterocycles. The molecule has 0 fully saturated rings. The maximum Gasteiger partial charge on any atom is 0.0943 e. The monoisotopic (exact) mass is 739 g/mol. The lowest BCUT2D eigenvalue weighted by atomic mass is 9.62. The van der Waals surface area contributed by atoms with E-state index in [9.17, 15) is 0 Å². The van der Waals surface area contributed by atoms with Gasteiger partial charge in [-0.3, -0.25) is 0 Å². The van der Waals surface area contributed by atoms with Crippen LogP contribution in [0, 0.1) is 0 Å². The summed E-state index contributed by atoms with van der Waals surface area (Å²) in [5, 5.41) is 2.61. The highest BCUT2D eigenvalue weighted by Crippen LogP contribution is 2.56. The fourth-order valence-corrected chi connectivity index (χ4v) is 9.66. The molecule has 0 saturated heterocycles. The largest absolute Gasteiger partial charge is 0.359 e. The van der Waals surface area contributed by atoms with Crippen LogP contribution in [0.1, 0.15) is 103 Å². The predicted octanol–water partition coefficient (Wildman–Crippen LogP) is 12.0. The molecular weight excluding hydrogens is 683 g/mol. The molecule has 56 heavy (non-hydrogen) atoms. The summed E-state index contributed by atoms with van der Waals surface area (Å²) in [5.41, 5.74) is 18.7. The van der Waals surface area contributed by atoms with E-state index in [1.54, 1.807) is 0 Å². The van der Waals surface area contributed by atoms with Crippen molar-refractivity contribution in [3.63, 3.8) is 0 Å². The first-order valence-corrected chi connectivity index (χ1v) is 20.3. The number of anilines is 2. The summed E-state index contributed by atoms with van der Waals surface area (Å²) in [6, 6.07) is 40.4. The Morgan fingerprint density at radius 3 is 1.75 bits per heavy atom. The second kappa shape index (κ2) is 12.3. The van der Waals surface area contributed by atoms with Crippen molar-refractivity contribution >= 4 is 33.2 Å². The molecule has 0 spiro atoms. The molecule has 9 rings (SSSR count). The third-order valence-electron chi connectivity index (χ3n) is 13.4. The van der Waals surface area contributed by atoms with E-state index < -0.39 is 5.41 Å². The summed E-state index contributed by atoms with van der Waals surface area (Å²) >= 11 is 0.